The van der Waals surface area contributed by atoms with Crippen molar-refractivity contribution in [3.05, 3.63) is 29.1 Å². The van der Waals surface area contributed by atoms with Crippen LogP contribution in [0.3, 0.4) is 0 Å². The first kappa shape index (κ1) is 9.62. The molecule has 3 N–H and O–H groups in total. The Hall–Kier alpha value is -1.59. The maximum Gasteiger partial charge on any atom is 0.197 e. The lowest BCUT2D eigenvalue weighted by atomic mass is 10.1. The molecule has 2 heterocycles. The predicted octanol–water partition coefficient (Wildman–Crippen LogP) is 2.03. The Morgan fingerprint density at radius 3 is 3.19 bits per heavy atom. The highest BCUT2D eigenvalue weighted by atomic mass is 32.1. The number of nitrogen functional groups attached to an aromatic ring is 1. The minimum atomic E-state index is 0.728. The quantitative estimate of drug-likeness (QED) is 0.615. The SMILES string of the molecule is NNc1nc(-c2ccc3c(c2)CCO3)cs1. The molecule has 1 aromatic carbocycles. The molecule has 2 aromatic rings. The zero-order valence-electron chi connectivity index (χ0n) is 8.56. The van der Waals surface area contributed by atoms with Gasteiger partial charge in [0.1, 0.15) is 5.75 Å². The zero-order valence-corrected chi connectivity index (χ0v) is 9.38. The van der Waals surface area contributed by atoms with Gasteiger partial charge in [-0.05, 0) is 23.8 Å². The molecule has 3 rings (SSSR count). The number of thiazole rings is 1. The van der Waals surface area contributed by atoms with Crippen LogP contribution in [-0.2, 0) is 6.42 Å². The topological polar surface area (TPSA) is 60.2 Å². The number of nitrogens with zero attached hydrogens (tertiary/aromatic N) is 1. The number of anilines is 1. The van der Waals surface area contributed by atoms with Crippen molar-refractivity contribution in [1.29, 1.82) is 0 Å². The van der Waals surface area contributed by atoms with Crippen LogP contribution in [0.5, 0.6) is 5.75 Å². The summed E-state index contributed by atoms with van der Waals surface area (Å²) in [6.45, 7) is 0.783. The summed E-state index contributed by atoms with van der Waals surface area (Å²) in [5, 5.41) is 2.72. The van der Waals surface area contributed by atoms with E-state index in [1.54, 1.807) is 0 Å². The third-order valence-corrected chi connectivity index (χ3v) is 3.39. The average molecular weight is 233 g/mol. The molecule has 0 fully saturated rings. The minimum absolute atomic E-state index is 0.728. The zero-order chi connectivity index (χ0) is 11.0. The van der Waals surface area contributed by atoms with Gasteiger partial charge in [-0.1, -0.05) is 0 Å². The molecule has 0 atom stereocenters. The van der Waals surface area contributed by atoms with Crippen molar-refractivity contribution < 1.29 is 4.74 Å². The van der Waals surface area contributed by atoms with Gasteiger partial charge < -0.3 is 4.74 Å². The van der Waals surface area contributed by atoms with Crippen LogP contribution >= 0.6 is 11.3 Å². The molecule has 0 saturated carbocycles. The Morgan fingerprint density at radius 2 is 2.38 bits per heavy atom. The highest BCUT2D eigenvalue weighted by molar-refractivity contribution is 7.14. The molecule has 0 saturated heterocycles. The summed E-state index contributed by atoms with van der Waals surface area (Å²) in [7, 11) is 0. The van der Waals surface area contributed by atoms with Crippen LogP contribution in [0.2, 0.25) is 0 Å². The van der Waals surface area contributed by atoms with E-state index in [0.717, 1.165) is 35.2 Å². The van der Waals surface area contributed by atoms with Crippen molar-refractivity contribution in [2.75, 3.05) is 12.0 Å². The first-order valence-corrected chi connectivity index (χ1v) is 5.93. The molecule has 0 bridgehead atoms. The number of fused-ring (bicyclic) bond motifs is 1. The number of hydrogen-bond donors (Lipinski definition) is 2. The number of rotatable bonds is 2. The van der Waals surface area contributed by atoms with E-state index in [1.165, 1.54) is 16.9 Å². The van der Waals surface area contributed by atoms with E-state index < -0.39 is 0 Å². The molecule has 0 unspecified atom stereocenters. The van der Waals surface area contributed by atoms with Gasteiger partial charge in [-0.15, -0.1) is 11.3 Å². The Labute approximate surface area is 97.0 Å². The summed E-state index contributed by atoms with van der Waals surface area (Å²) >= 11 is 1.50. The van der Waals surface area contributed by atoms with Crippen molar-refractivity contribution in [1.82, 2.24) is 4.98 Å². The van der Waals surface area contributed by atoms with Crippen molar-refractivity contribution in [2.24, 2.45) is 5.84 Å². The van der Waals surface area contributed by atoms with Gasteiger partial charge in [0.25, 0.3) is 0 Å². The normalized spacial score (nSPS) is 13.3. The van der Waals surface area contributed by atoms with Crippen LogP contribution in [0.15, 0.2) is 23.6 Å². The summed E-state index contributed by atoms with van der Waals surface area (Å²) in [5.74, 6) is 6.31. The Balaban J connectivity index is 2.00. The second-order valence-electron chi connectivity index (χ2n) is 3.60. The first-order chi connectivity index (χ1) is 7.86. The lowest BCUT2D eigenvalue weighted by Gasteiger charge is -2.01. The summed E-state index contributed by atoms with van der Waals surface area (Å²) in [5.41, 5.74) is 5.87. The lowest BCUT2D eigenvalue weighted by molar-refractivity contribution is 0.357. The molecule has 82 valence electrons. The van der Waals surface area contributed by atoms with Crippen molar-refractivity contribution in [3.8, 4) is 17.0 Å². The molecule has 1 aliphatic rings. The second-order valence-corrected chi connectivity index (χ2v) is 4.46. The number of ether oxygens (including phenoxy) is 1. The summed E-state index contributed by atoms with van der Waals surface area (Å²) < 4.78 is 5.47. The van der Waals surface area contributed by atoms with Crippen LogP contribution < -0.4 is 16.0 Å². The summed E-state index contributed by atoms with van der Waals surface area (Å²) in [6, 6.07) is 6.17. The third-order valence-electron chi connectivity index (χ3n) is 2.61. The van der Waals surface area contributed by atoms with Crippen LogP contribution in [0.4, 0.5) is 5.13 Å². The Bertz CT molecular complexity index is 524. The lowest BCUT2D eigenvalue weighted by Crippen LogP contribution is -2.05. The van der Waals surface area contributed by atoms with E-state index in [0.29, 0.717) is 0 Å². The number of benzene rings is 1. The number of hydrazine groups is 1. The second kappa shape index (κ2) is 3.77. The highest BCUT2D eigenvalue weighted by Crippen LogP contribution is 2.31. The van der Waals surface area contributed by atoms with Gasteiger partial charge in [0.2, 0.25) is 0 Å². The van der Waals surface area contributed by atoms with Gasteiger partial charge in [-0.2, -0.15) is 0 Å². The van der Waals surface area contributed by atoms with Gasteiger partial charge in [0.15, 0.2) is 5.13 Å². The van der Waals surface area contributed by atoms with Gasteiger partial charge >= 0.3 is 0 Å². The largest absolute Gasteiger partial charge is 0.493 e. The van der Waals surface area contributed by atoms with E-state index in [4.69, 9.17) is 10.6 Å². The number of hydrogen-bond acceptors (Lipinski definition) is 5. The smallest absolute Gasteiger partial charge is 0.197 e. The Morgan fingerprint density at radius 1 is 1.44 bits per heavy atom. The monoisotopic (exact) mass is 233 g/mol. The van der Waals surface area contributed by atoms with Gasteiger partial charge in [-0.25, -0.2) is 10.8 Å². The van der Waals surface area contributed by atoms with Crippen molar-refractivity contribution in [3.63, 3.8) is 0 Å². The standard InChI is InChI=1S/C11H11N3OS/c12-14-11-13-9(6-16-11)7-1-2-10-8(5-7)3-4-15-10/h1-2,5-6H,3-4,12H2,(H,13,14). The molecular weight excluding hydrogens is 222 g/mol. The molecular formula is C11H11N3OS. The predicted molar refractivity (Wildman–Crippen MR) is 64.6 cm³/mol. The van der Waals surface area contributed by atoms with Crippen LogP contribution in [0, 0.1) is 0 Å². The maximum absolute atomic E-state index is 5.47. The average Bonchev–Trinajstić information content (AvgIpc) is 2.96. The molecule has 1 aromatic heterocycles. The molecule has 1 aliphatic heterocycles. The third kappa shape index (κ3) is 1.54. The van der Waals surface area contributed by atoms with Crippen LogP contribution in [0.25, 0.3) is 11.3 Å². The van der Waals surface area contributed by atoms with Crippen molar-refractivity contribution in [2.45, 2.75) is 6.42 Å². The van der Waals surface area contributed by atoms with Crippen molar-refractivity contribution >= 4 is 16.5 Å². The van der Waals surface area contributed by atoms with E-state index in [2.05, 4.69) is 16.5 Å². The Kier molecular flexibility index (Phi) is 2.27. The molecule has 0 spiro atoms. The van der Waals surface area contributed by atoms with E-state index in [1.807, 2.05) is 17.5 Å². The summed E-state index contributed by atoms with van der Waals surface area (Å²) in [4.78, 5) is 4.37. The van der Waals surface area contributed by atoms with Gasteiger partial charge in [0.05, 0.1) is 12.3 Å². The molecule has 0 aliphatic carbocycles. The highest BCUT2D eigenvalue weighted by Gasteiger charge is 2.13. The molecule has 0 amide bonds. The maximum atomic E-state index is 5.47. The number of nitrogens with one attached hydrogen (secondary N) is 1. The van der Waals surface area contributed by atoms with Crippen LogP contribution in [0.1, 0.15) is 5.56 Å². The molecule has 5 heteroatoms. The van der Waals surface area contributed by atoms with Gasteiger partial charge in [-0.3, -0.25) is 5.43 Å². The first-order valence-electron chi connectivity index (χ1n) is 5.05. The number of nitrogens with two attached hydrogens (primary N) is 1. The number of aromatic nitrogens is 1. The summed E-state index contributed by atoms with van der Waals surface area (Å²) in [6.07, 6.45) is 0.981. The van der Waals surface area contributed by atoms with E-state index >= 15 is 0 Å². The van der Waals surface area contributed by atoms with Gasteiger partial charge in [0, 0.05) is 17.4 Å². The fraction of sp³-hybridized carbons (Fsp3) is 0.182. The fourth-order valence-corrected chi connectivity index (χ4v) is 2.45. The van der Waals surface area contributed by atoms with E-state index in [-0.39, 0.29) is 0 Å². The minimum Gasteiger partial charge on any atom is -0.493 e. The van der Waals surface area contributed by atoms with E-state index in [9.17, 15) is 0 Å². The molecule has 0 radical (unpaired) electrons. The molecule has 4 nitrogen and oxygen atoms in total. The molecule has 16 heavy (non-hydrogen) atoms. The fourth-order valence-electron chi connectivity index (χ4n) is 1.82. The van der Waals surface area contributed by atoms with Crippen LogP contribution in [-0.4, -0.2) is 11.6 Å².